The first-order chi connectivity index (χ1) is 13.2. The van der Waals surface area contributed by atoms with Crippen molar-refractivity contribution in [3.63, 3.8) is 0 Å². The highest BCUT2D eigenvalue weighted by atomic mass is 127. The average Bonchev–Trinajstić information content (AvgIpc) is 2.93. The Hall–Kier alpha value is -1.19. The maximum Gasteiger partial charge on any atom is 0.191 e. The minimum Gasteiger partial charge on any atom is -0.352 e. The van der Waals surface area contributed by atoms with Crippen molar-refractivity contribution >= 4 is 41.3 Å². The Morgan fingerprint density at radius 1 is 1.07 bits per heavy atom. The molecule has 1 aromatic heterocycles. The Morgan fingerprint density at radius 3 is 2.39 bits per heavy atom. The number of hydrogen-bond acceptors (Lipinski definition) is 4. The van der Waals surface area contributed by atoms with Crippen LogP contribution in [0.4, 0.5) is 0 Å². The molecule has 1 aliphatic rings. The van der Waals surface area contributed by atoms with E-state index in [-0.39, 0.29) is 24.0 Å². The number of nitrogens with zero attached hydrogens (tertiary/aromatic N) is 3. The number of nitrogens with one attached hydrogen (secondary N) is 2. The Morgan fingerprint density at radius 2 is 1.75 bits per heavy atom. The van der Waals surface area contributed by atoms with Crippen molar-refractivity contribution in [2.45, 2.75) is 52.2 Å². The summed E-state index contributed by atoms with van der Waals surface area (Å²) in [5.74, 6) is 0.812. The van der Waals surface area contributed by atoms with Crippen molar-refractivity contribution in [2.75, 3.05) is 20.1 Å². The number of hydrogen-bond donors (Lipinski definition) is 2. The largest absolute Gasteiger partial charge is 0.352 e. The van der Waals surface area contributed by atoms with Crippen LogP contribution in [0.1, 0.15) is 46.7 Å². The van der Waals surface area contributed by atoms with Gasteiger partial charge in [0.1, 0.15) is 5.01 Å². The van der Waals surface area contributed by atoms with Crippen LogP contribution < -0.4 is 10.6 Å². The molecule has 154 valence electrons. The van der Waals surface area contributed by atoms with Gasteiger partial charge in [-0.25, -0.2) is 4.98 Å². The van der Waals surface area contributed by atoms with Crippen LogP contribution in [-0.2, 0) is 19.6 Å². The van der Waals surface area contributed by atoms with Crippen LogP contribution in [0.3, 0.4) is 0 Å². The van der Waals surface area contributed by atoms with E-state index >= 15 is 0 Å². The molecule has 1 aliphatic heterocycles. The highest BCUT2D eigenvalue weighted by molar-refractivity contribution is 14.0. The molecular weight excluding hydrogens is 481 g/mol. The third-order valence-corrected chi connectivity index (χ3v) is 5.87. The van der Waals surface area contributed by atoms with E-state index in [1.807, 2.05) is 13.2 Å². The van der Waals surface area contributed by atoms with Crippen LogP contribution in [0.15, 0.2) is 35.5 Å². The summed E-state index contributed by atoms with van der Waals surface area (Å²) in [5.41, 5.74) is 2.76. The second-order valence-corrected chi connectivity index (χ2v) is 8.42. The van der Waals surface area contributed by atoms with Crippen LogP contribution in [0.2, 0.25) is 0 Å². The van der Waals surface area contributed by atoms with Gasteiger partial charge in [-0.1, -0.05) is 37.1 Å². The molecule has 0 aliphatic carbocycles. The van der Waals surface area contributed by atoms with Crippen LogP contribution in [0, 0.1) is 6.92 Å². The van der Waals surface area contributed by atoms with Gasteiger partial charge in [-0.2, -0.15) is 0 Å². The first-order valence-corrected chi connectivity index (χ1v) is 10.7. The topological polar surface area (TPSA) is 52.6 Å². The molecule has 2 N–H and O–H groups in total. The molecule has 0 spiro atoms. The fraction of sp³-hybridized carbons (Fsp3) is 0.524. The maximum atomic E-state index is 4.39. The van der Waals surface area contributed by atoms with Crippen LogP contribution in [-0.4, -0.2) is 36.0 Å². The normalized spacial score (nSPS) is 15.6. The molecular formula is C21H32IN5S. The van der Waals surface area contributed by atoms with Gasteiger partial charge in [0.05, 0.1) is 6.54 Å². The number of halogens is 1. The quantitative estimate of drug-likeness (QED) is 0.344. The van der Waals surface area contributed by atoms with Gasteiger partial charge >= 0.3 is 0 Å². The molecule has 28 heavy (non-hydrogen) atoms. The third-order valence-electron chi connectivity index (χ3n) is 4.96. The second-order valence-electron chi connectivity index (χ2n) is 7.10. The van der Waals surface area contributed by atoms with Gasteiger partial charge in [0.2, 0.25) is 0 Å². The summed E-state index contributed by atoms with van der Waals surface area (Å²) < 4.78 is 0. The minimum absolute atomic E-state index is 0. The smallest absolute Gasteiger partial charge is 0.191 e. The number of guanidine groups is 1. The van der Waals surface area contributed by atoms with E-state index < -0.39 is 0 Å². The van der Waals surface area contributed by atoms with Crippen molar-refractivity contribution in [3.05, 3.63) is 51.5 Å². The molecule has 1 fully saturated rings. The van der Waals surface area contributed by atoms with E-state index in [9.17, 15) is 0 Å². The number of aromatic nitrogens is 1. The van der Waals surface area contributed by atoms with Crippen LogP contribution >= 0.6 is 35.3 Å². The predicted octanol–water partition coefficient (Wildman–Crippen LogP) is 4.31. The molecule has 7 heteroatoms. The zero-order valence-corrected chi connectivity index (χ0v) is 20.1. The van der Waals surface area contributed by atoms with E-state index in [1.54, 1.807) is 11.3 Å². The summed E-state index contributed by atoms with van der Waals surface area (Å²) in [6, 6.07) is 8.75. The first kappa shape index (κ1) is 23.1. The molecule has 0 amide bonds. The van der Waals surface area contributed by atoms with Crippen molar-refractivity contribution in [1.29, 1.82) is 0 Å². The molecule has 0 radical (unpaired) electrons. The van der Waals surface area contributed by atoms with Crippen molar-refractivity contribution in [1.82, 2.24) is 20.5 Å². The van der Waals surface area contributed by atoms with Crippen molar-refractivity contribution in [2.24, 2.45) is 4.99 Å². The lowest BCUT2D eigenvalue weighted by atomic mass is 10.1. The van der Waals surface area contributed by atoms with Gasteiger partial charge in [-0.15, -0.1) is 35.3 Å². The Bertz CT molecular complexity index is 738. The summed E-state index contributed by atoms with van der Waals surface area (Å²) >= 11 is 1.72. The predicted molar refractivity (Wildman–Crippen MR) is 129 cm³/mol. The van der Waals surface area contributed by atoms with Gasteiger partial charge in [-0.3, -0.25) is 9.89 Å². The first-order valence-electron chi connectivity index (χ1n) is 9.89. The number of aliphatic imine (C=N–C) groups is 1. The Balaban J connectivity index is 0.00000280. The molecule has 3 rings (SSSR count). The minimum atomic E-state index is 0. The van der Waals surface area contributed by atoms with Crippen molar-refractivity contribution < 1.29 is 0 Å². The third kappa shape index (κ3) is 7.33. The van der Waals surface area contributed by atoms with E-state index in [4.69, 9.17) is 0 Å². The summed E-state index contributed by atoms with van der Waals surface area (Å²) in [4.78, 5) is 12.6. The summed E-state index contributed by atoms with van der Waals surface area (Å²) in [7, 11) is 1.81. The number of thiazole rings is 1. The zero-order chi connectivity index (χ0) is 18.9. The number of benzene rings is 1. The molecule has 0 atom stereocenters. The lowest BCUT2D eigenvalue weighted by molar-refractivity contribution is 0.276. The lowest BCUT2D eigenvalue weighted by Gasteiger charge is -2.22. The molecule has 1 saturated heterocycles. The SMILES string of the molecule is CN=C(NCc1ncc(C)s1)NCc1ccccc1CN1CCCCCC1.I. The summed E-state index contributed by atoms with van der Waals surface area (Å²) in [6.45, 7) is 7.04. The van der Waals surface area contributed by atoms with Crippen molar-refractivity contribution in [3.8, 4) is 0 Å². The van der Waals surface area contributed by atoms with E-state index in [0.29, 0.717) is 6.54 Å². The molecule has 0 bridgehead atoms. The Kier molecular flexibility index (Phi) is 10.2. The molecule has 0 unspecified atom stereocenters. The zero-order valence-electron chi connectivity index (χ0n) is 16.9. The second kappa shape index (κ2) is 12.4. The number of aryl methyl sites for hydroxylation is 1. The Labute approximate surface area is 190 Å². The van der Waals surface area contributed by atoms with Gasteiger partial charge in [0.25, 0.3) is 0 Å². The molecule has 0 saturated carbocycles. The average molecular weight is 513 g/mol. The van der Waals surface area contributed by atoms with Crippen LogP contribution in [0.25, 0.3) is 0 Å². The highest BCUT2D eigenvalue weighted by Crippen LogP contribution is 2.16. The molecule has 2 heterocycles. The fourth-order valence-corrected chi connectivity index (χ4v) is 4.19. The fourth-order valence-electron chi connectivity index (χ4n) is 3.46. The van der Waals surface area contributed by atoms with Gasteiger partial charge in [0, 0.05) is 31.2 Å². The summed E-state index contributed by atoms with van der Waals surface area (Å²) in [5, 5.41) is 7.89. The van der Waals surface area contributed by atoms with E-state index in [1.165, 1.54) is 54.8 Å². The standard InChI is InChI=1S/C21H31N5S.HI/c1-17-13-23-20(27-17)15-25-21(22-2)24-14-18-9-5-6-10-19(18)16-26-11-7-3-4-8-12-26;/h5-6,9-10,13H,3-4,7-8,11-12,14-16H2,1-2H3,(H2,22,24,25);1H. The molecule has 5 nitrogen and oxygen atoms in total. The van der Waals surface area contributed by atoms with Crippen LogP contribution in [0.5, 0.6) is 0 Å². The lowest BCUT2D eigenvalue weighted by Crippen LogP contribution is -2.36. The number of rotatable bonds is 6. The van der Waals surface area contributed by atoms with E-state index in [0.717, 1.165) is 24.1 Å². The van der Waals surface area contributed by atoms with Gasteiger partial charge in [0.15, 0.2) is 5.96 Å². The maximum absolute atomic E-state index is 4.39. The van der Waals surface area contributed by atoms with E-state index in [2.05, 4.69) is 56.7 Å². The molecule has 1 aromatic carbocycles. The molecule has 2 aromatic rings. The summed E-state index contributed by atoms with van der Waals surface area (Å²) in [6.07, 6.45) is 7.32. The number of likely N-dealkylation sites (tertiary alicyclic amines) is 1. The highest BCUT2D eigenvalue weighted by Gasteiger charge is 2.12. The van der Waals surface area contributed by atoms with Gasteiger partial charge < -0.3 is 10.6 Å². The monoisotopic (exact) mass is 513 g/mol. The van der Waals surface area contributed by atoms with Gasteiger partial charge in [-0.05, 0) is 44.0 Å².